The van der Waals surface area contributed by atoms with E-state index in [4.69, 9.17) is 20.1 Å². The maximum absolute atomic E-state index is 13.4. The number of nitrogens with two attached hydrogens (primary N) is 1. The summed E-state index contributed by atoms with van der Waals surface area (Å²) < 4.78 is 12.4. The number of para-hydroxylation sites is 2. The van der Waals surface area contributed by atoms with Gasteiger partial charge in [0.15, 0.2) is 0 Å². The second-order valence-corrected chi connectivity index (χ2v) is 11.0. The number of ether oxygens (including phenoxy) is 1. The van der Waals surface area contributed by atoms with Crippen molar-refractivity contribution >= 4 is 28.0 Å². The number of fused-ring (bicyclic) bond motifs is 2. The van der Waals surface area contributed by atoms with Crippen molar-refractivity contribution in [3.63, 3.8) is 0 Å². The molecule has 1 amide bonds. The lowest BCUT2D eigenvalue weighted by molar-refractivity contribution is -0.132. The van der Waals surface area contributed by atoms with Gasteiger partial charge in [0.1, 0.15) is 16.9 Å². The molecule has 0 spiro atoms. The van der Waals surface area contributed by atoms with E-state index in [1.807, 2.05) is 29.2 Å². The molecule has 3 aromatic carbocycles. The van der Waals surface area contributed by atoms with Crippen molar-refractivity contribution in [3.8, 4) is 11.1 Å². The lowest BCUT2D eigenvalue weighted by Crippen LogP contribution is -2.42. The van der Waals surface area contributed by atoms with Crippen LogP contribution in [0.25, 0.3) is 33.2 Å². The van der Waals surface area contributed by atoms with Crippen molar-refractivity contribution in [1.82, 2.24) is 24.8 Å². The topological polar surface area (TPSA) is 112 Å². The summed E-state index contributed by atoms with van der Waals surface area (Å²) in [6.45, 7) is 3.01. The maximum atomic E-state index is 13.4. The van der Waals surface area contributed by atoms with Gasteiger partial charge in [0, 0.05) is 51.7 Å². The highest BCUT2D eigenvalue weighted by atomic mass is 16.6. The Labute approximate surface area is 239 Å². The first-order chi connectivity index (χ1) is 20.1. The highest BCUT2D eigenvalue weighted by Crippen LogP contribution is 2.30. The summed E-state index contributed by atoms with van der Waals surface area (Å²) in [5, 5.41) is 7.79. The van der Waals surface area contributed by atoms with Crippen molar-refractivity contribution in [1.29, 1.82) is 0 Å². The second kappa shape index (κ2) is 12.2. The molecule has 1 aliphatic rings. The molecule has 1 fully saturated rings. The van der Waals surface area contributed by atoms with Crippen molar-refractivity contribution in [2.75, 3.05) is 26.8 Å². The van der Waals surface area contributed by atoms with E-state index >= 15 is 0 Å². The third-order valence-electron chi connectivity index (χ3n) is 8.03. The number of hydrogen-bond donors (Lipinski definition) is 1. The first kappa shape index (κ1) is 27.1. The van der Waals surface area contributed by atoms with Crippen molar-refractivity contribution in [3.05, 3.63) is 78.1 Å². The van der Waals surface area contributed by atoms with E-state index in [0.717, 1.165) is 76.9 Å². The standard InChI is InChI=1S/C32H36N6O3/c1-40-17-5-16-38-30-8-3-2-7-28(30)34-32(38)25-6-4-15-37(21-25)31(39)20-26(33)18-22-9-11-23(12-10-22)24-13-14-27-29(19-24)36-41-35-27/h2-3,7-14,19,25-26H,4-6,15-18,20-21,33H2,1H3. The predicted octanol–water partition coefficient (Wildman–Crippen LogP) is 4.94. The van der Waals surface area contributed by atoms with E-state index in [1.165, 1.54) is 0 Å². The number of hydrogen-bond acceptors (Lipinski definition) is 7. The van der Waals surface area contributed by atoms with Crippen LogP contribution in [0.1, 0.15) is 43.0 Å². The fraction of sp³-hybridized carbons (Fsp3) is 0.375. The Kier molecular flexibility index (Phi) is 8.07. The zero-order valence-electron chi connectivity index (χ0n) is 23.4. The van der Waals surface area contributed by atoms with Crippen LogP contribution in [0.15, 0.2) is 71.4 Å². The van der Waals surface area contributed by atoms with Crippen LogP contribution < -0.4 is 5.73 Å². The number of amides is 1. The quantitative estimate of drug-likeness (QED) is 0.244. The van der Waals surface area contributed by atoms with Gasteiger partial charge in [-0.25, -0.2) is 9.61 Å². The molecule has 5 aromatic rings. The zero-order chi connectivity index (χ0) is 28.2. The van der Waals surface area contributed by atoms with Crippen LogP contribution in [0.2, 0.25) is 0 Å². The molecule has 41 heavy (non-hydrogen) atoms. The van der Waals surface area contributed by atoms with Gasteiger partial charge < -0.3 is 19.9 Å². The number of imidazole rings is 1. The molecule has 1 saturated heterocycles. The molecular formula is C32H36N6O3. The number of carbonyl (C=O) groups excluding carboxylic acids is 1. The molecule has 0 saturated carbocycles. The minimum absolute atomic E-state index is 0.121. The lowest BCUT2D eigenvalue weighted by Gasteiger charge is -2.33. The largest absolute Gasteiger partial charge is 0.385 e. The van der Waals surface area contributed by atoms with Crippen LogP contribution >= 0.6 is 0 Å². The summed E-state index contributed by atoms with van der Waals surface area (Å²) in [7, 11) is 1.73. The molecule has 2 atom stereocenters. The van der Waals surface area contributed by atoms with Gasteiger partial charge in [0.2, 0.25) is 5.91 Å². The van der Waals surface area contributed by atoms with Gasteiger partial charge in [0.05, 0.1) is 11.0 Å². The second-order valence-electron chi connectivity index (χ2n) is 11.0. The summed E-state index contributed by atoms with van der Waals surface area (Å²) in [6.07, 6.45) is 3.88. The SMILES string of the molecule is COCCCn1c(C2CCCN(C(=O)CC(N)Cc3ccc(-c4ccc5nonc5c4)cc3)C2)nc2ccccc21. The molecular weight excluding hydrogens is 516 g/mol. The van der Waals surface area contributed by atoms with Crippen LogP contribution in [-0.2, 0) is 22.5 Å². The summed E-state index contributed by atoms with van der Waals surface area (Å²) in [4.78, 5) is 20.4. The number of rotatable bonds is 10. The minimum atomic E-state index is -0.245. The molecule has 0 bridgehead atoms. The number of methoxy groups -OCH3 is 1. The third kappa shape index (κ3) is 6.01. The van der Waals surface area contributed by atoms with Crippen LogP contribution in [0.3, 0.4) is 0 Å². The molecule has 9 nitrogen and oxygen atoms in total. The Morgan fingerprint density at radius 3 is 2.71 bits per heavy atom. The van der Waals surface area contributed by atoms with Gasteiger partial charge in [-0.15, -0.1) is 0 Å². The first-order valence-corrected chi connectivity index (χ1v) is 14.4. The Bertz CT molecular complexity index is 1630. The molecule has 3 heterocycles. The van der Waals surface area contributed by atoms with E-state index in [-0.39, 0.29) is 17.9 Å². The summed E-state index contributed by atoms with van der Waals surface area (Å²) in [6, 6.07) is 22.2. The van der Waals surface area contributed by atoms with E-state index in [1.54, 1.807) is 7.11 Å². The smallest absolute Gasteiger partial charge is 0.224 e. The Hall–Kier alpha value is -4.08. The highest BCUT2D eigenvalue weighted by molar-refractivity contribution is 5.81. The van der Waals surface area contributed by atoms with Crippen LogP contribution in [0.4, 0.5) is 0 Å². The number of carbonyl (C=O) groups is 1. The van der Waals surface area contributed by atoms with Gasteiger partial charge in [-0.3, -0.25) is 4.79 Å². The van der Waals surface area contributed by atoms with Crippen molar-refractivity contribution < 1.29 is 14.2 Å². The van der Waals surface area contributed by atoms with Crippen LogP contribution in [-0.4, -0.2) is 63.5 Å². The van der Waals surface area contributed by atoms with Crippen LogP contribution in [0, 0.1) is 0 Å². The number of piperidine rings is 1. The van der Waals surface area contributed by atoms with E-state index in [9.17, 15) is 4.79 Å². The van der Waals surface area contributed by atoms with Crippen LogP contribution in [0.5, 0.6) is 0 Å². The van der Waals surface area contributed by atoms with E-state index in [2.05, 4.69) is 57.3 Å². The number of aromatic nitrogens is 4. The Balaban J connectivity index is 1.08. The first-order valence-electron chi connectivity index (χ1n) is 14.4. The average Bonchev–Trinajstić information content (AvgIpc) is 3.62. The molecule has 9 heteroatoms. The molecule has 1 aliphatic heterocycles. The summed E-state index contributed by atoms with van der Waals surface area (Å²) in [5.41, 5.74) is 13.4. The molecule has 2 N–H and O–H groups in total. The van der Waals surface area contributed by atoms with E-state index < -0.39 is 0 Å². The monoisotopic (exact) mass is 552 g/mol. The molecule has 6 rings (SSSR count). The lowest BCUT2D eigenvalue weighted by atomic mass is 9.95. The maximum Gasteiger partial charge on any atom is 0.224 e. The molecule has 212 valence electrons. The zero-order valence-corrected chi connectivity index (χ0v) is 23.4. The van der Waals surface area contributed by atoms with Gasteiger partial charge >= 0.3 is 0 Å². The fourth-order valence-electron chi connectivity index (χ4n) is 5.95. The van der Waals surface area contributed by atoms with Gasteiger partial charge in [-0.2, -0.15) is 0 Å². The molecule has 2 aromatic heterocycles. The number of aryl methyl sites for hydroxylation is 1. The third-order valence-corrected chi connectivity index (χ3v) is 8.03. The number of likely N-dealkylation sites (tertiary alicyclic amines) is 1. The molecule has 0 aliphatic carbocycles. The normalized spacial score (nSPS) is 16.4. The van der Waals surface area contributed by atoms with Crippen molar-refractivity contribution in [2.45, 2.75) is 50.6 Å². The average molecular weight is 553 g/mol. The fourth-order valence-corrected chi connectivity index (χ4v) is 5.95. The van der Waals surface area contributed by atoms with E-state index in [0.29, 0.717) is 26.0 Å². The molecule has 0 radical (unpaired) electrons. The minimum Gasteiger partial charge on any atom is -0.385 e. The molecule has 2 unspecified atom stereocenters. The predicted molar refractivity (Wildman–Crippen MR) is 158 cm³/mol. The number of benzene rings is 3. The Morgan fingerprint density at radius 1 is 1.05 bits per heavy atom. The van der Waals surface area contributed by atoms with Crippen molar-refractivity contribution in [2.24, 2.45) is 5.73 Å². The van der Waals surface area contributed by atoms with Gasteiger partial charge in [-0.1, -0.05) is 42.5 Å². The highest BCUT2D eigenvalue weighted by Gasteiger charge is 2.29. The van der Waals surface area contributed by atoms with Gasteiger partial charge in [-0.05, 0) is 77.0 Å². The summed E-state index contributed by atoms with van der Waals surface area (Å²) in [5.74, 6) is 1.40. The Morgan fingerprint density at radius 2 is 1.85 bits per heavy atom. The number of nitrogens with zero attached hydrogens (tertiary/aromatic N) is 5. The van der Waals surface area contributed by atoms with Gasteiger partial charge in [0.25, 0.3) is 0 Å². The summed E-state index contributed by atoms with van der Waals surface area (Å²) >= 11 is 0.